The number of rotatable bonds is 20. The molecule has 2 atom stereocenters. The lowest BCUT2D eigenvalue weighted by atomic mass is 9.98. The lowest BCUT2D eigenvalue weighted by Crippen LogP contribution is -2.46. The van der Waals surface area contributed by atoms with Crippen LogP contribution in [0.3, 0.4) is 0 Å². The fraction of sp³-hybridized carbons (Fsp3) is 0.929. The molecule has 0 spiro atoms. The van der Waals surface area contributed by atoms with E-state index in [4.69, 9.17) is 9.47 Å². The average Bonchev–Trinajstić information content (AvgIpc) is 2.77. The molecule has 0 fully saturated rings. The summed E-state index contributed by atoms with van der Waals surface area (Å²) in [6.45, 7) is 12.9. The van der Waals surface area contributed by atoms with Crippen LogP contribution in [0.25, 0.3) is 0 Å². The second-order valence-corrected chi connectivity index (χ2v) is 10.9. The van der Waals surface area contributed by atoms with Gasteiger partial charge in [-0.1, -0.05) is 131 Å². The van der Waals surface area contributed by atoms with Crippen molar-refractivity contribution < 1.29 is 19.1 Å². The van der Waals surface area contributed by atoms with Crippen LogP contribution in [-0.4, -0.2) is 31.3 Å². The lowest BCUT2D eigenvalue weighted by molar-refractivity contribution is -0.147. The molecule has 0 aromatic heterocycles. The zero-order valence-corrected chi connectivity index (χ0v) is 22.8. The van der Waals surface area contributed by atoms with Crippen molar-refractivity contribution in [2.45, 2.75) is 144 Å². The van der Waals surface area contributed by atoms with E-state index in [-0.39, 0.29) is 17.3 Å². The van der Waals surface area contributed by atoms with Crippen LogP contribution in [0.15, 0.2) is 0 Å². The van der Waals surface area contributed by atoms with Crippen LogP contribution in [0.1, 0.15) is 138 Å². The number of esters is 1. The van der Waals surface area contributed by atoms with Gasteiger partial charge in [-0.2, -0.15) is 0 Å². The first kappa shape index (κ1) is 31.7. The molecular weight excluding hydrogens is 414 g/mol. The lowest BCUT2D eigenvalue weighted by Gasteiger charge is -2.24. The van der Waals surface area contributed by atoms with E-state index in [9.17, 15) is 9.59 Å². The van der Waals surface area contributed by atoms with Gasteiger partial charge < -0.3 is 14.8 Å². The molecule has 0 saturated carbocycles. The third-order valence-corrected chi connectivity index (χ3v) is 6.12. The fourth-order valence-electron chi connectivity index (χ4n) is 3.68. The van der Waals surface area contributed by atoms with E-state index in [2.05, 4.69) is 12.2 Å². The number of hydrogen-bond acceptors (Lipinski definition) is 4. The van der Waals surface area contributed by atoms with Crippen LogP contribution < -0.4 is 5.32 Å². The molecule has 0 saturated heterocycles. The molecule has 2 unspecified atom stereocenters. The Labute approximate surface area is 205 Å². The summed E-state index contributed by atoms with van der Waals surface area (Å²) in [6, 6.07) is -0.658. The minimum atomic E-state index is -0.658. The largest absolute Gasteiger partial charge is 0.464 e. The summed E-state index contributed by atoms with van der Waals surface area (Å²) in [4.78, 5) is 24.6. The second kappa shape index (κ2) is 20.1. The highest BCUT2D eigenvalue weighted by Crippen LogP contribution is 2.15. The van der Waals surface area contributed by atoms with Gasteiger partial charge in [0, 0.05) is 0 Å². The van der Waals surface area contributed by atoms with Crippen LogP contribution in [0, 0.1) is 11.3 Å². The number of nitrogens with one attached hydrogen (secondary N) is 1. The number of hydrogen-bond donors (Lipinski definition) is 1. The SMILES string of the molecule is CCCCCCCCCCCCCCCCOC(=O)C(NC(=O)OCC(C)(C)C)C(C)CC. The first-order valence-corrected chi connectivity index (χ1v) is 13.8. The maximum atomic E-state index is 12.5. The molecule has 0 aromatic carbocycles. The van der Waals surface area contributed by atoms with Crippen LogP contribution in [0.5, 0.6) is 0 Å². The predicted octanol–water partition coefficient (Wildman–Crippen LogP) is 8.20. The molecule has 0 rings (SSSR count). The van der Waals surface area contributed by atoms with E-state index in [0.717, 1.165) is 19.3 Å². The number of carbonyl (C=O) groups excluding carboxylic acids is 2. The Balaban J connectivity index is 3.83. The van der Waals surface area contributed by atoms with Gasteiger partial charge in [-0.25, -0.2) is 9.59 Å². The summed E-state index contributed by atoms with van der Waals surface area (Å²) < 4.78 is 10.7. The Morgan fingerprint density at radius 2 is 1.18 bits per heavy atom. The first-order valence-electron chi connectivity index (χ1n) is 13.8. The van der Waals surface area contributed by atoms with Gasteiger partial charge in [-0.05, 0) is 17.8 Å². The molecule has 0 aromatic rings. The maximum absolute atomic E-state index is 12.5. The standard InChI is InChI=1S/C28H55NO4/c1-7-9-10-11-12-13-14-15-16-17-18-19-20-21-22-32-26(30)25(24(3)8-2)29-27(31)33-23-28(4,5)6/h24-25H,7-23H2,1-6H3,(H,29,31). The number of unbranched alkanes of at least 4 members (excludes halogenated alkanes) is 13. The maximum Gasteiger partial charge on any atom is 0.407 e. The van der Waals surface area contributed by atoms with Crippen molar-refractivity contribution in [2.75, 3.05) is 13.2 Å². The fourth-order valence-corrected chi connectivity index (χ4v) is 3.68. The Bertz CT molecular complexity index is 487. The van der Waals surface area contributed by atoms with Crippen molar-refractivity contribution in [2.24, 2.45) is 11.3 Å². The van der Waals surface area contributed by atoms with E-state index in [1.807, 2.05) is 34.6 Å². The quantitative estimate of drug-likeness (QED) is 0.144. The van der Waals surface area contributed by atoms with E-state index in [0.29, 0.717) is 13.2 Å². The predicted molar refractivity (Wildman–Crippen MR) is 138 cm³/mol. The van der Waals surface area contributed by atoms with Crippen LogP contribution in [0.4, 0.5) is 4.79 Å². The number of ether oxygens (including phenoxy) is 2. The summed E-state index contributed by atoms with van der Waals surface area (Å²) in [5.41, 5.74) is -0.113. The normalized spacial score (nSPS) is 13.4. The molecule has 0 aliphatic heterocycles. The summed E-state index contributed by atoms with van der Waals surface area (Å²) in [5.74, 6) is -0.359. The highest BCUT2D eigenvalue weighted by Gasteiger charge is 2.28. The molecule has 0 heterocycles. The van der Waals surface area contributed by atoms with Gasteiger partial charge >= 0.3 is 12.1 Å². The topological polar surface area (TPSA) is 64.6 Å². The summed E-state index contributed by atoms with van der Waals surface area (Å²) in [5, 5.41) is 2.71. The van der Waals surface area contributed by atoms with Crippen molar-refractivity contribution in [3.8, 4) is 0 Å². The van der Waals surface area contributed by atoms with Crippen molar-refractivity contribution in [1.82, 2.24) is 5.32 Å². The van der Waals surface area contributed by atoms with Gasteiger partial charge in [0.15, 0.2) is 0 Å². The zero-order chi connectivity index (χ0) is 25.0. The number of alkyl carbamates (subject to hydrolysis) is 1. The molecule has 0 aliphatic carbocycles. The third-order valence-electron chi connectivity index (χ3n) is 6.12. The van der Waals surface area contributed by atoms with Gasteiger partial charge in [0.25, 0.3) is 0 Å². The van der Waals surface area contributed by atoms with Gasteiger partial charge in [0.1, 0.15) is 6.04 Å². The van der Waals surface area contributed by atoms with Gasteiger partial charge in [0.05, 0.1) is 13.2 Å². The second-order valence-electron chi connectivity index (χ2n) is 10.9. The zero-order valence-electron chi connectivity index (χ0n) is 22.8. The molecule has 196 valence electrons. The molecule has 33 heavy (non-hydrogen) atoms. The summed E-state index contributed by atoms with van der Waals surface area (Å²) in [6.07, 6.45) is 18.4. The highest BCUT2D eigenvalue weighted by molar-refractivity contribution is 5.81. The summed E-state index contributed by atoms with van der Waals surface area (Å²) in [7, 11) is 0. The Morgan fingerprint density at radius 3 is 1.61 bits per heavy atom. The summed E-state index contributed by atoms with van der Waals surface area (Å²) >= 11 is 0. The van der Waals surface area contributed by atoms with Crippen LogP contribution in [-0.2, 0) is 14.3 Å². The van der Waals surface area contributed by atoms with Crippen LogP contribution in [0.2, 0.25) is 0 Å². The molecule has 1 N–H and O–H groups in total. The van der Waals surface area contributed by atoms with E-state index >= 15 is 0 Å². The molecule has 1 amide bonds. The van der Waals surface area contributed by atoms with Gasteiger partial charge in [-0.15, -0.1) is 0 Å². The highest BCUT2D eigenvalue weighted by atomic mass is 16.6. The van der Waals surface area contributed by atoms with Gasteiger partial charge in [-0.3, -0.25) is 0 Å². The van der Waals surface area contributed by atoms with Crippen molar-refractivity contribution in [1.29, 1.82) is 0 Å². The average molecular weight is 470 g/mol. The smallest absolute Gasteiger partial charge is 0.407 e. The Hall–Kier alpha value is -1.26. The molecular formula is C28H55NO4. The van der Waals surface area contributed by atoms with Crippen molar-refractivity contribution >= 4 is 12.1 Å². The number of amides is 1. The van der Waals surface area contributed by atoms with Crippen LogP contribution >= 0.6 is 0 Å². The first-order chi connectivity index (χ1) is 15.7. The van der Waals surface area contributed by atoms with Crippen molar-refractivity contribution in [3.05, 3.63) is 0 Å². The third kappa shape index (κ3) is 19.9. The molecule has 0 radical (unpaired) electrons. The minimum Gasteiger partial charge on any atom is -0.464 e. The van der Waals surface area contributed by atoms with Crippen molar-refractivity contribution in [3.63, 3.8) is 0 Å². The minimum absolute atomic E-state index is 0.00368. The number of carbonyl (C=O) groups is 2. The molecule has 0 aliphatic rings. The Kier molecular flexibility index (Phi) is 19.4. The molecule has 5 heteroatoms. The van der Waals surface area contributed by atoms with E-state index in [1.54, 1.807) is 0 Å². The molecule has 5 nitrogen and oxygen atoms in total. The van der Waals surface area contributed by atoms with E-state index < -0.39 is 12.1 Å². The monoisotopic (exact) mass is 469 g/mol. The Morgan fingerprint density at radius 1 is 0.727 bits per heavy atom. The molecule has 0 bridgehead atoms. The van der Waals surface area contributed by atoms with E-state index in [1.165, 1.54) is 77.0 Å². The van der Waals surface area contributed by atoms with Gasteiger partial charge in [0.2, 0.25) is 0 Å².